The topological polar surface area (TPSA) is 27.7 Å². The molecule has 0 unspecified atom stereocenters. The molecule has 0 aromatic heterocycles. The third kappa shape index (κ3) is 1.54. The monoisotopic (exact) mass is 207 g/mol. The van der Waals surface area contributed by atoms with Gasteiger partial charge in [-0.15, -0.1) is 0 Å². The second-order valence-corrected chi connectivity index (χ2v) is 4.50. The minimum Gasteiger partial charge on any atom is -0.294 e. The Morgan fingerprint density at radius 1 is 1.27 bits per heavy atom. The normalized spacial score (nSPS) is 28.9. The van der Waals surface area contributed by atoms with Gasteiger partial charge in [0.15, 0.2) is 0 Å². The van der Waals surface area contributed by atoms with Crippen LogP contribution >= 0.6 is 0 Å². The molecule has 0 spiro atoms. The van der Waals surface area contributed by atoms with Gasteiger partial charge in [0.05, 0.1) is 6.20 Å². The van der Waals surface area contributed by atoms with Crippen LogP contribution in [0.3, 0.4) is 0 Å². The van der Waals surface area contributed by atoms with Crippen molar-refractivity contribution in [2.45, 2.75) is 31.2 Å². The summed E-state index contributed by atoms with van der Waals surface area (Å²) in [5.74, 6) is 0. The van der Waals surface area contributed by atoms with E-state index in [0.717, 1.165) is 0 Å². The molecule has 4 nitrogen and oxygen atoms in total. The highest BCUT2D eigenvalue weighted by molar-refractivity contribution is 5.13. The maximum atomic E-state index is 5.12. The minimum absolute atomic E-state index is 0.333. The Kier molecular flexibility index (Phi) is 2.18. The van der Waals surface area contributed by atoms with Crippen molar-refractivity contribution < 1.29 is 4.94 Å². The van der Waals surface area contributed by atoms with Gasteiger partial charge in [0, 0.05) is 17.9 Å². The van der Waals surface area contributed by atoms with Crippen LogP contribution in [0, 0.1) is 0 Å². The molecular formula is C11H17N3O. The van der Waals surface area contributed by atoms with Crippen molar-refractivity contribution in [2.24, 2.45) is 0 Å². The molecule has 2 saturated heterocycles. The standard InChI is InChI=1S/C11H17N3O/c1-3-11(4-2-8-13(11)7-1)5-9-14-10-6-12-15-14/h5-6,9-10,12H,1-4,7-8H2/b9-5+. The highest BCUT2D eigenvalue weighted by Gasteiger charge is 2.42. The van der Waals surface area contributed by atoms with E-state index >= 15 is 0 Å². The molecule has 0 radical (unpaired) electrons. The van der Waals surface area contributed by atoms with E-state index in [1.165, 1.54) is 38.8 Å². The summed E-state index contributed by atoms with van der Waals surface area (Å²) in [7, 11) is 0. The second-order valence-electron chi connectivity index (χ2n) is 4.50. The molecule has 0 aliphatic carbocycles. The first-order chi connectivity index (χ1) is 7.39. The molecule has 2 fully saturated rings. The minimum atomic E-state index is 0.333. The number of hydrogen-bond donors (Lipinski definition) is 1. The Balaban J connectivity index is 1.72. The van der Waals surface area contributed by atoms with Crippen LogP contribution in [0.2, 0.25) is 0 Å². The summed E-state index contributed by atoms with van der Waals surface area (Å²) in [6.45, 7) is 2.53. The zero-order valence-electron chi connectivity index (χ0n) is 8.85. The fraction of sp³-hybridized carbons (Fsp3) is 0.636. The molecule has 1 N–H and O–H groups in total. The lowest BCUT2D eigenvalue weighted by molar-refractivity contribution is -0.107. The molecule has 0 bridgehead atoms. The van der Waals surface area contributed by atoms with Crippen LogP contribution in [0.15, 0.2) is 24.7 Å². The summed E-state index contributed by atoms with van der Waals surface area (Å²) in [5.41, 5.74) is 3.02. The summed E-state index contributed by atoms with van der Waals surface area (Å²) < 4.78 is 0. The van der Waals surface area contributed by atoms with Gasteiger partial charge in [0.25, 0.3) is 0 Å². The Bertz CT molecular complexity index is 290. The highest BCUT2D eigenvalue weighted by atomic mass is 16.8. The van der Waals surface area contributed by atoms with Gasteiger partial charge in [-0.25, -0.2) is 10.5 Å². The van der Waals surface area contributed by atoms with Crippen molar-refractivity contribution in [2.75, 3.05) is 13.1 Å². The number of hydroxylamine groups is 3. The zero-order valence-corrected chi connectivity index (χ0v) is 8.85. The van der Waals surface area contributed by atoms with Crippen LogP contribution < -0.4 is 5.48 Å². The second kappa shape index (κ2) is 3.54. The summed E-state index contributed by atoms with van der Waals surface area (Å²) in [6.07, 6.45) is 13.3. The fourth-order valence-corrected chi connectivity index (χ4v) is 2.94. The van der Waals surface area contributed by atoms with Crippen molar-refractivity contribution in [3.63, 3.8) is 0 Å². The van der Waals surface area contributed by atoms with E-state index in [4.69, 9.17) is 4.94 Å². The predicted octanol–water partition coefficient (Wildman–Crippen LogP) is 1.35. The van der Waals surface area contributed by atoms with Crippen LogP contribution in [0.25, 0.3) is 0 Å². The smallest absolute Gasteiger partial charge is 0.0533 e. The van der Waals surface area contributed by atoms with Gasteiger partial charge in [0.1, 0.15) is 0 Å². The molecule has 0 aromatic rings. The summed E-state index contributed by atoms with van der Waals surface area (Å²) in [6, 6.07) is 0. The molecule has 82 valence electrons. The van der Waals surface area contributed by atoms with E-state index in [0.29, 0.717) is 5.54 Å². The Labute approximate surface area is 90.1 Å². The Morgan fingerprint density at radius 3 is 2.73 bits per heavy atom. The van der Waals surface area contributed by atoms with Crippen LogP contribution in [-0.2, 0) is 4.94 Å². The molecule has 3 rings (SSSR count). The molecule has 3 heterocycles. The molecule has 0 atom stereocenters. The first kappa shape index (κ1) is 9.24. The van der Waals surface area contributed by atoms with Gasteiger partial charge < -0.3 is 0 Å². The largest absolute Gasteiger partial charge is 0.294 e. The van der Waals surface area contributed by atoms with Gasteiger partial charge in [-0.3, -0.25) is 4.90 Å². The van der Waals surface area contributed by atoms with Crippen molar-refractivity contribution in [3.8, 4) is 0 Å². The Hall–Kier alpha value is -1.00. The molecular weight excluding hydrogens is 190 g/mol. The first-order valence-corrected chi connectivity index (χ1v) is 5.71. The van der Waals surface area contributed by atoms with Gasteiger partial charge in [-0.2, -0.15) is 4.94 Å². The quantitative estimate of drug-likeness (QED) is 0.739. The SMILES string of the molecule is C1=CN(/C=C/C23CCCN2CCC3)ON1. The summed E-state index contributed by atoms with van der Waals surface area (Å²) >= 11 is 0. The third-order valence-corrected chi connectivity index (χ3v) is 3.68. The lowest BCUT2D eigenvalue weighted by atomic mass is 9.94. The van der Waals surface area contributed by atoms with Crippen LogP contribution in [0.4, 0.5) is 0 Å². The van der Waals surface area contributed by atoms with E-state index in [2.05, 4.69) is 16.5 Å². The molecule has 0 aromatic carbocycles. The summed E-state index contributed by atoms with van der Waals surface area (Å²) in [5, 5.41) is 1.71. The predicted molar refractivity (Wildman–Crippen MR) is 57.1 cm³/mol. The molecule has 15 heavy (non-hydrogen) atoms. The number of hydrogen-bond acceptors (Lipinski definition) is 4. The van der Waals surface area contributed by atoms with Gasteiger partial charge in [-0.1, -0.05) is 0 Å². The lowest BCUT2D eigenvalue weighted by Crippen LogP contribution is -2.36. The average Bonchev–Trinajstić information content (AvgIpc) is 2.91. The Morgan fingerprint density at radius 2 is 2.07 bits per heavy atom. The average molecular weight is 207 g/mol. The van der Waals surface area contributed by atoms with E-state index < -0.39 is 0 Å². The van der Waals surface area contributed by atoms with Crippen molar-refractivity contribution >= 4 is 0 Å². The van der Waals surface area contributed by atoms with Crippen molar-refractivity contribution in [1.82, 2.24) is 15.4 Å². The number of nitrogens with zero attached hydrogens (tertiary/aromatic N) is 2. The van der Waals surface area contributed by atoms with E-state index in [1.54, 1.807) is 11.3 Å². The number of rotatable bonds is 2. The van der Waals surface area contributed by atoms with Crippen LogP contribution in [0.5, 0.6) is 0 Å². The van der Waals surface area contributed by atoms with E-state index in [-0.39, 0.29) is 0 Å². The number of nitrogens with one attached hydrogen (secondary N) is 1. The maximum absolute atomic E-state index is 5.12. The third-order valence-electron chi connectivity index (χ3n) is 3.68. The van der Waals surface area contributed by atoms with Crippen molar-refractivity contribution in [1.29, 1.82) is 0 Å². The molecule has 3 aliphatic heterocycles. The maximum Gasteiger partial charge on any atom is 0.0533 e. The van der Waals surface area contributed by atoms with Gasteiger partial charge in [-0.05, 0) is 44.8 Å². The van der Waals surface area contributed by atoms with E-state index in [9.17, 15) is 0 Å². The highest BCUT2D eigenvalue weighted by Crippen LogP contribution is 2.39. The van der Waals surface area contributed by atoms with Gasteiger partial charge >= 0.3 is 0 Å². The fourth-order valence-electron chi connectivity index (χ4n) is 2.94. The molecule has 0 saturated carbocycles. The number of fused-ring (bicyclic) bond motifs is 1. The van der Waals surface area contributed by atoms with Gasteiger partial charge in [0.2, 0.25) is 0 Å². The molecule has 3 aliphatic rings. The van der Waals surface area contributed by atoms with Crippen LogP contribution in [-0.4, -0.2) is 28.6 Å². The molecule has 4 heteroatoms. The van der Waals surface area contributed by atoms with Crippen molar-refractivity contribution in [3.05, 3.63) is 24.7 Å². The van der Waals surface area contributed by atoms with E-state index in [1.807, 2.05) is 12.4 Å². The zero-order chi connectivity index (χ0) is 10.1. The summed E-state index contributed by atoms with van der Waals surface area (Å²) in [4.78, 5) is 7.73. The first-order valence-electron chi connectivity index (χ1n) is 5.71. The molecule has 0 amide bonds. The van der Waals surface area contributed by atoms with Crippen LogP contribution in [0.1, 0.15) is 25.7 Å². The lowest BCUT2D eigenvalue weighted by Gasteiger charge is -2.28.